The Morgan fingerprint density at radius 3 is 2.53 bits per heavy atom. The van der Waals surface area contributed by atoms with Gasteiger partial charge in [-0.1, -0.05) is 44.4 Å². The number of carbonyl (C=O) groups is 3. The Labute approximate surface area is 212 Å². The van der Waals surface area contributed by atoms with Gasteiger partial charge >= 0.3 is 0 Å². The zero-order valence-electron chi connectivity index (χ0n) is 21.3. The molecule has 0 radical (unpaired) electrons. The van der Waals surface area contributed by atoms with E-state index in [2.05, 4.69) is 27.2 Å². The van der Waals surface area contributed by atoms with Crippen molar-refractivity contribution in [3.8, 4) is 0 Å². The number of nitrogens with one attached hydrogen (secondary N) is 1. The van der Waals surface area contributed by atoms with Gasteiger partial charge in [-0.15, -0.1) is 0 Å². The predicted octanol–water partition coefficient (Wildman–Crippen LogP) is 2.89. The Balaban J connectivity index is 1.46. The van der Waals surface area contributed by atoms with E-state index in [9.17, 15) is 14.4 Å². The normalized spacial score (nSPS) is 26.2. The Kier molecular flexibility index (Phi) is 8.28. The summed E-state index contributed by atoms with van der Waals surface area (Å²) in [7, 11) is 0. The van der Waals surface area contributed by atoms with E-state index in [1.54, 1.807) is 0 Å². The van der Waals surface area contributed by atoms with Crippen LogP contribution in [-0.2, 0) is 14.3 Å². The van der Waals surface area contributed by atoms with E-state index < -0.39 is 24.2 Å². The smallest absolute Gasteiger partial charge is 0.251 e. The van der Waals surface area contributed by atoms with Crippen LogP contribution in [0.1, 0.15) is 61.9 Å². The van der Waals surface area contributed by atoms with Gasteiger partial charge in [0.05, 0.1) is 12.1 Å². The zero-order valence-corrected chi connectivity index (χ0v) is 21.3. The monoisotopic (exact) mass is 496 g/mol. The quantitative estimate of drug-likeness (QED) is 0.336. The zero-order chi connectivity index (χ0) is 25.8. The lowest BCUT2D eigenvalue weighted by Crippen LogP contribution is -2.54. The average Bonchev–Trinajstić information content (AvgIpc) is 3.47. The minimum absolute atomic E-state index is 0.0956. The molecule has 3 saturated heterocycles. The number of hydrogen-bond donors (Lipinski definition) is 1. The van der Waals surface area contributed by atoms with Crippen LogP contribution in [0.3, 0.4) is 0 Å². The Morgan fingerprint density at radius 2 is 1.92 bits per heavy atom. The van der Waals surface area contributed by atoms with E-state index in [0.29, 0.717) is 17.9 Å². The first-order chi connectivity index (χ1) is 17.4. The van der Waals surface area contributed by atoms with Gasteiger partial charge in [0.2, 0.25) is 5.91 Å². The van der Waals surface area contributed by atoms with Crippen molar-refractivity contribution in [1.29, 1.82) is 0 Å². The van der Waals surface area contributed by atoms with E-state index >= 15 is 0 Å². The van der Waals surface area contributed by atoms with Crippen molar-refractivity contribution in [1.82, 2.24) is 15.1 Å². The summed E-state index contributed by atoms with van der Waals surface area (Å²) < 4.78 is 5.53. The molecule has 0 aromatic heterocycles. The summed E-state index contributed by atoms with van der Waals surface area (Å²) in [6.45, 7) is 9.29. The maximum Gasteiger partial charge on any atom is 0.251 e. The first-order valence-electron chi connectivity index (χ1n) is 13.0. The number of rotatable bonds is 8. The Morgan fingerprint density at radius 1 is 1.22 bits per heavy atom. The fourth-order valence-corrected chi connectivity index (χ4v) is 5.60. The maximum atomic E-state index is 13.6. The minimum Gasteiger partial charge on any atom is -0.367 e. The van der Waals surface area contributed by atoms with E-state index in [1.807, 2.05) is 38.1 Å². The van der Waals surface area contributed by atoms with Crippen LogP contribution in [0, 0.1) is 5.92 Å². The third kappa shape index (κ3) is 5.26. The Bertz CT molecular complexity index is 1020. The fourth-order valence-electron chi connectivity index (χ4n) is 5.60. The second kappa shape index (κ2) is 11.4. The number of ketones is 1. The molecule has 1 N–H and O–H groups in total. The molecule has 0 aliphatic carbocycles. The van der Waals surface area contributed by atoms with Gasteiger partial charge in [0, 0.05) is 17.0 Å². The lowest BCUT2D eigenvalue weighted by atomic mass is 9.89. The third-order valence-electron chi connectivity index (χ3n) is 8.09. The minimum atomic E-state index is -0.806. The molecule has 10 heteroatoms. The number of fused-ring (bicyclic) bond motifs is 1. The molecule has 0 unspecified atom stereocenters. The molecule has 3 aliphatic heterocycles. The lowest BCUT2D eigenvalue weighted by molar-refractivity contribution is -0.139. The van der Waals surface area contributed by atoms with Crippen LogP contribution in [0.15, 0.2) is 29.4 Å². The predicted molar refractivity (Wildman–Crippen MR) is 134 cm³/mol. The first kappa shape index (κ1) is 26.1. The molecule has 1 aromatic carbocycles. The summed E-state index contributed by atoms with van der Waals surface area (Å²) in [5, 5.41) is 6.66. The van der Waals surface area contributed by atoms with Crippen molar-refractivity contribution in [3.05, 3.63) is 45.8 Å². The molecule has 5 atom stereocenters. The lowest BCUT2D eigenvalue weighted by Gasteiger charge is -2.31. The van der Waals surface area contributed by atoms with Crippen molar-refractivity contribution >= 4 is 17.6 Å². The van der Waals surface area contributed by atoms with Gasteiger partial charge in [0.15, 0.2) is 5.78 Å². The number of azide groups is 1. The highest BCUT2D eigenvalue weighted by Crippen LogP contribution is 2.31. The number of Topliss-reactive ketones (excluding diaryl/α,β-unsaturated/α-hetero) is 1. The van der Waals surface area contributed by atoms with E-state index in [1.165, 1.54) is 10.5 Å². The molecule has 194 valence electrons. The molecule has 3 fully saturated rings. The van der Waals surface area contributed by atoms with Gasteiger partial charge in [0.25, 0.3) is 5.91 Å². The summed E-state index contributed by atoms with van der Waals surface area (Å²) in [6, 6.07) is 5.48. The largest absolute Gasteiger partial charge is 0.367 e. The molecule has 3 aliphatic rings. The van der Waals surface area contributed by atoms with Crippen LogP contribution in [0.2, 0.25) is 0 Å². The number of nitrogens with zero attached hydrogens (tertiary/aromatic N) is 5. The van der Waals surface area contributed by atoms with Gasteiger partial charge in [-0.3, -0.25) is 14.4 Å². The number of ether oxygens (including phenoxy) is 1. The number of amides is 2. The van der Waals surface area contributed by atoms with Crippen LogP contribution < -0.4 is 5.32 Å². The fraction of sp³-hybridized carbons (Fsp3) is 0.654. The van der Waals surface area contributed by atoms with Gasteiger partial charge in [0.1, 0.15) is 18.7 Å². The number of carbonyl (C=O) groups excluding carboxylic acids is 3. The summed E-state index contributed by atoms with van der Waals surface area (Å²) in [5.74, 6) is -0.533. The number of benzene rings is 1. The van der Waals surface area contributed by atoms with Crippen LogP contribution >= 0.6 is 0 Å². The molecular formula is C26H36N6O4. The molecule has 0 bridgehead atoms. The van der Waals surface area contributed by atoms with E-state index in [-0.39, 0.29) is 36.7 Å². The molecule has 10 nitrogen and oxygen atoms in total. The summed E-state index contributed by atoms with van der Waals surface area (Å²) in [5.41, 5.74) is 10.6. The van der Waals surface area contributed by atoms with Gasteiger partial charge in [-0.05, 0) is 67.5 Å². The molecule has 0 saturated carbocycles. The van der Waals surface area contributed by atoms with E-state index in [4.69, 9.17) is 10.3 Å². The highest BCUT2D eigenvalue weighted by Gasteiger charge is 2.53. The average molecular weight is 497 g/mol. The van der Waals surface area contributed by atoms with Crippen molar-refractivity contribution in [3.63, 3.8) is 0 Å². The molecule has 36 heavy (non-hydrogen) atoms. The van der Waals surface area contributed by atoms with Crippen LogP contribution in [0.5, 0.6) is 0 Å². The molecule has 3 heterocycles. The van der Waals surface area contributed by atoms with Crippen molar-refractivity contribution in [2.45, 2.75) is 70.2 Å². The van der Waals surface area contributed by atoms with Gasteiger partial charge in [-0.25, -0.2) is 0 Å². The van der Waals surface area contributed by atoms with Crippen molar-refractivity contribution in [2.75, 3.05) is 32.8 Å². The van der Waals surface area contributed by atoms with Crippen molar-refractivity contribution < 1.29 is 19.1 Å². The SMILES string of the molecule is CC[C@H](C)[C@H](NC(=O)c1ccc(C2CCN(CC)CC2)cc1)C(=O)N1C[C@H](N=[N+]=[N-])[C@H]2OCC(=O)[C@H]21. The molecule has 2 amide bonds. The second-order valence-electron chi connectivity index (χ2n) is 10.1. The summed E-state index contributed by atoms with van der Waals surface area (Å²) in [6.07, 6.45) is 2.25. The van der Waals surface area contributed by atoms with Crippen LogP contribution in [-0.4, -0.2) is 84.4 Å². The number of likely N-dealkylation sites (tertiary alicyclic amines) is 2. The number of hydrogen-bond acceptors (Lipinski definition) is 6. The molecular weight excluding hydrogens is 460 g/mol. The van der Waals surface area contributed by atoms with Crippen LogP contribution in [0.4, 0.5) is 0 Å². The first-order valence-corrected chi connectivity index (χ1v) is 13.0. The summed E-state index contributed by atoms with van der Waals surface area (Å²) in [4.78, 5) is 46.0. The molecule has 0 spiro atoms. The topological polar surface area (TPSA) is 128 Å². The maximum absolute atomic E-state index is 13.6. The second-order valence-corrected chi connectivity index (χ2v) is 10.1. The molecule has 4 rings (SSSR count). The van der Waals surface area contributed by atoms with E-state index in [0.717, 1.165) is 32.5 Å². The standard InChI is InChI=1S/C26H36N6O4/c1-4-16(3)22(26(35)32-14-20(29-30-27)24-23(32)21(33)15-36-24)28-25(34)19-8-6-17(7-9-19)18-10-12-31(5-2)13-11-18/h6-9,16,18,20,22-24H,4-5,10-15H2,1-3H3,(H,28,34)/t16-,20-,22-,23+,24+/m0/s1. The Hall–Kier alpha value is -2.94. The van der Waals surface area contributed by atoms with Gasteiger partial charge < -0.3 is 19.9 Å². The van der Waals surface area contributed by atoms with Crippen LogP contribution in [0.25, 0.3) is 10.4 Å². The highest BCUT2D eigenvalue weighted by atomic mass is 16.5. The van der Waals surface area contributed by atoms with Crippen molar-refractivity contribution in [2.24, 2.45) is 11.0 Å². The van der Waals surface area contributed by atoms with Gasteiger partial charge in [-0.2, -0.15) is 0 Å². The third-order valence-corrected chi connectivity index (χ3v) is 8.09. The molecule has 1 aromatic rings. The highest BCUT2D eigenvalue weighted by molar-refractivity contribution is 5.99. The number of piperidine rings is 1. The summed E-state index contributed by atoms with van der Waals surface area (Å²) >= 11 is 0.